The molecule has 0 bridgehead atoms. The molecule has 1 aliphatic rings. The van der Waals surface area contributed by atoms with Crippen molar-refractivity contribution in [2.24, 2.45) is 5.92 Å². The molecule has 6 heteroatoms. The predicted molar refractivity (Wildman–Crippen MR) is 104 cm³/mol. The molecule has 28 heavy (non-hydrogen) atoms. The first-order valence-electron chi connectivity index (χ1n) is 9.03. The number of halogens is 1. The Hall–Kier alpha value is -3.15. The van der Waals surface area contributed by atoms with Gasteiger partial charge in [-0.15, -0.1) is 0 Å². The van der Waals surface area contributed by atoms with Gasteiger partial charge >= 0.3 is 0 Å². The zero-order valence-corrected chi connectivity index (χ0v) is 16.0. The van der Waals surface area contributed by atoms with E-state index in [0.717, 1.165) is 0 Å². The average molecular weight is 383 g/mol. The minimum absolute atomic E-state index is 0.0232. The lowest BCUT2D eigenvalue weighted by Crippen LogP contribution is -2.31. The number of carbonyl (C=O) groups is 2. The van der Waals surface area contributed by atoms with Crippen LogP contribution >= 0.6 is 0 Å². The molecule has 0 radical (unpaired) electrons. The summed E-state index contributed by atoms with van der Waals surface area (Å²) in [5.74, 6) is -1.79. The Bertz CT molecular complexity index is 951. The molecule has 0 fully saturated rings. The molecule has 3 rings (SSSR count). The van der Waals surface area contributed by atoms with Crippen LogP contribution in [0, 0.1) is 11.7 Å². The van der Waals surface area contributed by atoms with E-state index in [-0.39, 0.29) is 29.3 Å². The largest absolute Gasteiger partial charge is 0.503 e. The van der Waals surface area contributed by atoms with Crippen LogP contribution in [-0.4, -0.2) is 23.9 Å². The molecule has 1 aliphatic heterocycles. The molecule has 0 saturated carbocycles. The van der Waals surface area contributed by atoms with E-state index in [0.29, 0.717) is 11.4 Å². The van der Waals surface area contributed by atoms with Crippen LogP contribution in [0.1, 0.15) is 31.9 Å². The number of aliphatic hydroxyl groups is 1. The molecule has 1 amide bonds. The Kier molecular flexibility index (Phi) is 5.49. The van der Waals surface area contributed by atoms with Gasteiger partial charge in [-0.3, -0.25) is 14.5 Å². The van der Waals surface area contributed by atoms with E-state index in [1.54, 1.807) is 30.3 Å². The quantitative estimate of drug-likeness (QED) is 0.805. The first-order valence-corrected chi connectivity index (χ1v) is 9.03. The number of methoxy groups -OCH3 is 1. The smallest absolute Gasteiger partial charge is 0.294 e. The van der Waals surface area contributed by atoms with Crippen molar-refractivity contribution in [3.8, 4) is 5.75 Å². The van der Waals surface area contributed by atoms with E-state index in [1.165, 1.54) is 30.2 Å². The second kappa shape index (κ2) is 7.84. The maximum absolute atomic E-state index is 14.7. The summed E-state index contributed by atoms with van der Waals surface area (Å²) in [6, 6.07) is 11.5. The normalized spacial score (nSPS) is 16.8. The Balaban J connectivity index is 2.18. The molecule has 2 aromatic carbocycles. The van der Waals surface area contributed by atoms with Gasteiger partial charge in [0.15, 0.2) is 11.5 Å². The molecule has 2 aromatic rings. The highest BCUT2D eigenvalue weighted by Gasteiger charge is 2.45. The first kappa shape index (κ1) is 19.6. The second-order valence-electron chi connectivity index (χ2n) is 7.08. The maximum Gasteiger partial charge on any atom is 0.294 e. The summed E-state index contributed by atoms with van der Waals surface area (Å²) in [6.07, 6.45) is 0.142. The minimum Gasteiger partial charge on any atom is -0.503 e. The first-order chi connectivity index (χ1) is 13.3. The minimum atomic E-state index is -1.05. The Morgan fingerprint density at radius 3 is 2.57 bits per heavy atom. The van der Waals surface area contributed by atoms with Crippen molar-refractivity contribution in [2.75, 3.05) is 12.0 Å². The standard InChI is InChI=1S/C22H22FNO4/c1-13(2)11-18(25)19-20(16-9-4-5-10-17(16)23)24(22(27)21(19)26)14-7-6-8-15(12-14)28-3/h4-10,12-13,20,26H,11H2,1-3H3. The molecule has 1 atom stereocenters. The number of ether oxygens (including phenoxy) is 1. The molecule has 1 unspecified atom stereocenters. The number of aliphatic hydroxyl groups excluding tert-OH is 1. The molecular formula is C22H22FNO4. The summed E-state index contributed by atoms with van der Waals surface area (Å²) in [6.45, 7) is 3.73. The molecule has 0 aliphatic carbocycles. The van der Waals surface area contributed by atoms with Gasteiger partial charge in [0.25, 0.3) is 5.91 Å². The van der Waals surface area contributed by atoms with Crippen molar-refractivity contribution in [1.82, 2.24) is 0 Å². The highest BCUT2D eigenvalue weighted by molar-refractivity contribution is 6.16. The third-order valence-corrected chi connectivity index (χ3v) is 4.63. The van der Waals surface area contributed by atoms with Crippen LogP contribution < -0.4 is 9.64 Å². The average Bonchev–Trinajstić information content (AvgIpc) is 2.92. The van der Waals surface area contributed by atoms with E-state index in [1.807, 2.05) is 13.8 Å². The van der Waals surface area contributed by atoms with Crippen LogP contribution in [0.25, 0.3) is 0 Å². The van der Waals surface area contributed by atoms with Gasteiger partial charge in [0.05, 0.1) is 18.7 Å². The number of benzene rings is 2. The maximum atomic E-state index is 14.7. The summed E-state index contributed by atoms with van der Waals surface area (Å²) in [7, 11) is 1.49. The Labute approximate surface area is 163 Å². The molecule has 0 saturated heterocycles. The fourth-order valence-electron chi connectivity index (χ4n) is 3.39. The van der Waals surface area contributed by atoms with Gasteiger partial charge in [-0.1, -0.05) is 38.1 Å². The summed E-state index contributed by atoms with van der Waals surface area (Å²) >= 11 is 0. The number of hydrogen-bond donors (Lipinski definition) is 1. The van der Waals surface area contributed by atoms with Gasteiger partial charge in [-0.05, 0) is 24.1 Å². The van der Waals surface area contributed by atoms with Crippen molar-refractivity contribution in [1.29, 1.82) is 0 Å². The molecular weight excluding hydrogens is 361 g/mol. The molecule has 5 nitrogen and oxygen atoms in total. The van der Waals surface area contributed by atoms with Crippen molar-refractivity contribution >= 4 is 17.4 Å². The van der Waals surface area contributed by atoms with E-state index >= 15 is 0 Å². The van der Waals surface area contributed by atoms with E-state index in [2.05, 4.69) is 0 Å². The highest BCUT2D eigenvalue weighted by atomic mass is 19.1. The van der Waals surface area contributed by atoms with Crippen molar-refractivity contribution in [2.45, 2.75) is 26.3 Å². The van der Waals surface area contributed by atoms with Gasteiger partial charge in [-0.25, -0.2) is 4.39 Å². The summed E-state index contributed by atoms with van der Waals surface area (Å²) < 4.78 is 19.9. The van der Waals surface area contributed by atoms with Crippen LogP contribution in [0.2, 0.25) is 0 Å². The van der Waals surface area contributed by atoms with Crippen LogP contribution in [0.3, 0.4) is 0 Å². The number of amides is 1. The Morgan fingerprint density at radius 2 is 1.93 bits per heavy atom. The van der Waals surface area contributed by atoms with Crippen molar-refractivity contribution < 1.29 is 23.8 Å². The predicted octanol–water partition coefficient (Wildman–Crippen LogP) is 4.35. The molecule has 1 N–H and O–H groups in total. The summed E-state index contributed by atoms with van der Waals surface area (Å²) in [4.78, 5) is 27.0. The number of hydrogen-bond acceptors (Lipinski definition) is 4. The topological polar surface area (TPSA) is 66.8 Å². The number of ketones is 1. The molecule has 1 heterocycles. The molecule has 0 spiro atoms. The van der Waals surface area contributed by atoms with Crippen LogP contribution in [-0.2, 0) is 9.59 Å². The van der Waals surface area contributed by atoms with Crippen LogP contribution in [0.4, 0.5) is 10.1 Å². The number of Topliss-reactive ketones (excluding diaryl/α,β-unsaturated/α-hetero) is 1. The number of carbonyl (C=O) groups excluding carboxylic acids is 2. The summed E-state index contributed by atoms with van der Waals surface area (Å²) in [5, 5.41) is 10.5. The third kappa shape index (κ3) is 3.50. The van der Waals surface area contributed by atoms with Crippen molar-refractivity contribution in [3.05, 3.63) is 71.2 Å². The van der Waals surface area contributed by atoms with E-state index in [4.69, 9.17) is 4.74 Å². The third-order valence-electron chi connectivity index (χ3n) is 4.63. The fourth-order valence-corrected chi connectivity index (χ4v) is 3.39. The monoisotopic (exact) mass is 383 g/mol. The van der Waals surface area contributed by atoms with E-state index in [9.17, 15) is 19.1 Å². The van der Waals surface area contributed by atoms with Crippen LogP contribution in [0.15, 0.2) is 59.9 Å². The number of rotatable bonds is 6. The van der Waals surface area contributed by atoms with Crippen molar-refractivity contribution in [3.63, 3.8) is 0 Å². The van der Waals surface area contributed by atoms with Gasteiger partial charge in [0.2, 0.25) is 0 Å². The van der Waals surface area contributed by atoms with E-state index < -0.39 is 23.5 Å². The molecule has 0 aromatic heterocycles. The van der Waals surface area contributed by atoms with Crippen LogP contribution in [0.5, 0.6) is 5.75 Å². The molecule has 146 valence electrons. The number of anilines is 1. The lowest BCUT2D eigenvalue weighted by Gasteiger charge is -2.27. The van der Waals surface area contributed by atoms with Gasteiger partial charge < -0.3 is 9.84 Å². The fraction of sp³-hybridized carbons (Fsp3) is 0.273. The zero-order chi connectivity index (χ0) is 20.4. The lowest BCUT2D eigenvalue weighted by molar-refractivity contribution is -0.118. The SMILES string of the molecule is COc1cccc(N2C(=O)C(O)=C(C(=O)CC(C)C)C2c2ccccc2F)c1. The summed E-state index contributed by atoms with van der Waals surface area (Å²) in [5.41, 5.74) is 0.470. The van der Waals surface area contributed by atoms with Gasteiger partial charge in [0, 0.05) is 23.7 Å². The Morgan fingerprint density at radius 1 is 1.21 bits per heavy atom. The lowest BCUT2D eigenvalue weighted by atomic mass is 9.91. The zero-order valence-electron chi connectivity index (χ0n) is 16.0. The second-order valence-corrected chi connectivity index (χ2v) is 7.08. The number of nitrogens with zero attached hydrogens (tertiary/aromatic N) is 1. The van der Waals surface area contributed by atoms with Gasteiger partial charge in [-0.2, -0.15) is 0 Å². The highest BCUT2D eigenvalue weighted by Crippen LogP contribution is 2.43. The van der Waals surface area contributed by atoms with Gasteiger partial charge in [0.1, 0.15) is 11.6 Å².